The van der Waals surface area contributed by atoms with Gasteiger partial charge in [-0.25, -0.2) is 12.7 Å². The van der Waals surface area contributed by atoms with Crippen molar-refractivity contribution < 1.29 is 22.7 Å². The fourth-order valence-electron chi connectivity index (χ4n) is 3.09. The number of rotatable bonds is 7. The van der Waals surface area contributed by atoms with Gasteiger partial charge in [-0.15, -0.1) is 0 Å². The number of amides is 1. The van der Waals surface area contributed by atoms with Gasteiger partial charge in [0.1, 0.15) is 0 Å². The molecule has 1 amide bonds. The van der Waals surface area contributed by atoms with Crippen molar-refractivity contribution in [3.63, 3.8) is 0 Å². The van der Waals surface area contributed by atoms with E-state index in [4.69, 9.17) is 4.74 Å². The smallest absolute Gasteiger partial charge is 0.306 e. The number of aryl methyl sites for hydroxylation is 1. The van der Waals surface area contributed by atoms with Crippen LogP contribution in [0, 0.1) is 12.8 Å². The van der Waals surface area contributed by atoms with Gasteiger partial charge in [-0.1, -0.05) is 18.9 Å². The van der Waals surface area contributed by atoms with Crippen molar-refractivity contribution in [3.05, 3.63) is 23.8 Å². The Morgan fingerprint density at radius 1 is 1.26 bits per heavy atom. The summed E-state index contributed by atoms with van der Waals surface area (Å²) >= 11 is 0. The molecular weight excluding hydrogens is 368 g/mol. The van der Waals surface area contributed by atoms with Crippen LogP contribution in [0.3, 0.4) is 0 Å². The van der Waals surface area contributed by atoms with Crippen LogP contribution in [0.4, 0.5) is 5.69 Å². The molecule has 0 aromatic heterocycles. The van der Waals surface area contributed by atoms with Crippen LogP contribution in [-0.2, 0) is 24.3 Å². The van der Waals surface area contributed by atoms with Gasteiger partial charge in [-0.3, -0.25) is 9.59 Å². The first kappa shape index (κ1) is 21.4. The summed E-state index contributed by atoms with van der Waals surface area (Å²) in [5, 5.41) is 2.66. The molecule has 1 fully saturated rings. The van der Waals surface area contributed by atoms with Crippen LogP contribution in [-0.4, -0.2) is 44.8 Å². The van der Waals surface area contributed by atoms with Crippen LogP contribution in [0.1, 0.15) is 44.6 Å². The molecule has 2 rings (SSSR count). The number of hydrogen-bond donors (Lipinski definition) is 1. The van der Waals surface area contributed by atoms with E-state index in [-0.39, 0.29) is 10.9 Å². The van der Waals surface area contributed by atoms with Gasteiger partial charge in [-0.2, -0.15) is 0 Å². The fraction of sp³-hybridized carbons (Fsp3) is 0.579. The van der Waals surface area contributed by atoms with Crippen LogP contribution in [0.5, 0.6) is 0 Å². The zero-order chi connectivity index (χ0) is 20.2. The largest absolute Gasteiger partial charge is 0.453 e. The molecule has 1 aliphatic carbocycles. The second-order valence-corrected chi connectivity index (χ2v) is 9.39. The summed E-state index contributed by atoms with van der Waals surface area (Å²) in [6, 6.07) is 4.53. The highest BCUT2D eigenvalue weighted by Gasteiger charge is 2.24. The topological polar surface area (TPSA) is 92.8 Å². The lowest BCUT2D eigenvalue weighted by atomic mass is 10.0. The summed E-state index contributed by atoms with van der Waals surface area (Å²) in [7, 11) is -0.720. The monoisotopic (exact) mass is 396 g/mol. The Balaban J connectivity index is 2.02. The number of carbonyl (C=O) groups excluding carboxylic acids is 2. The van der Waals surface area contributed by atoms with E-state index in [9.17, 15) is 18.0 Å². The second kappa shape index (κ2) is 8.84. The molecule has 150 valence electrons. The zero-order valence-corrected chi connectivity index (χ0v) is 17.1. The molecule has 1 N–H and O–H groups in total. The number of carbonyl (C=O) groups is 2. The van der Waals surface area contributed by atoms with E-state index in [0.29, 0.717) is 23.6 Å². The van der Waals surface area contributed by atoms with Crippen molar-refractivity contribution in [2.24, 2.45) is 5.92 Å². The Morgan fingerprint density at radius 3 is 2.48 bits per heavy atom. The first-order chi connectivity index (χ1) is 12.6. The van der Waals surface area contributed by atoms with Crippen LogP contribution in [0.15, 0.2) is 23.1 Å². The highest BCUT2D eigenvalue weighted by Crippen LogP contribution is 2.28. The Labute approximate surface area is 161 Å². The minimum Gasteiger partial charge on any atom is -0.453 e. The van der Waals surface area contributed by atoms with E-state index in [1.54, 1.807) is 13.0 Å². The lowest BCUT2D eigenvalue weighted by molar-refractivity contribution is -0.154. The van der Waals surface area contributed by atoms with Crippen molar-refractivity contribution >= 4 is 27.6 Å². The zero-order valence-electron chi connectivity index (χ0n) is 16.3. The molecule has 7 nitrogen and oxygen atoms in total. The Kier molecular flexibility index (Phi) is 7.00. The number of sulfonamides is 1. The van der Waals surface area contributed by atoms with Gasteiger partial charge in [0, 0.05) is 26.2 Å². The summed E-state index contributed by atoms with van der Waals surface area (Å²) in [6.45, 7) is 3.27. The SMILES string of the molecule is Cc1ccc(S(=O)(=O)N(C)C)cc1NC(=O)C(C)OC(=O)CC1CCCC1. The predicted molar refractivity (Wildman–Crippen MR) is 103 cm³/mol. The number of nitrogens with one attached hydrogen (secondary N) is 1. The first-order valence-electron chi connectivity index (χ1n) is 9.14. The van der Waals surface area contributed by atoms with E-state index >= 15 is 0 Å². The standard InChI is InChI=1S/C19H28N2O5S/c1-13-9-10-16(27(24,25)21(3)4)12-17(13)20-19(23)14(2)26-18(22)11-15-7-5-6-8-15/h9-10,12,14-15H,5-8,11H2,1-4H3,(H,20,23). The fourth-order valence-corrected chi connectivity index (χ4v) is 4.02. The van der Waals surface area contributed by atoms with Gasteiger partial charge in [0.05, 0.1) is 4.90 Å². The van der Waals surface area contributed by atoms with Crippen molar-refractivity contribution in [3.8, 4) is 0 Å². The Hall–Kier alpha value is -1.93. The molecule has 0 bridgehead atoms. The summed E-state index contributed by atoms with van der Waals surface area (Å²) in [5.41, 5.74) is 1.09. The number of benzene rings is 1. The molecule has 8 heteroatoms. The molecule has 1 aliphatic rings. The van der Waals surface area contributed by atoms with E-state index in [1.807, 2.05) is 0 Å². The van der Waals surface area contributed by atoms with Crippen LogP contribution in [0.2, 0.25) is 0 Å². The molecular formula is C19H28N2O5S. The van der Waals surface area contributed by atoms with Gasteiger partial charge in [0.25, 0.3) is 5.91 Å². The Morgan fingerprint density at radius 2 is 1.89 bits per heavy atom. The third kappa shape index (κ3) is 5.52. The minimum atomic E-state index is -3.61. The maximum absolute atomic E-state index is 12.4. The number of esters is 1. The maximum atomic E-state index is 12.4. The molecule has 0 saturated heterocycles. The third-order valence-corrected chi connectivity index (χ3v) is 6.66. The molecule has 0 radical (unpaired) electrons. The van der Waals surface area contributed by atoms with Crippen LogP contribution in [0.25, 0.3) is 0 Å². The molecule has 1 aromatic carbocycles. The van der Waals surface area contributed by atoms with Crippen molar-refractivity contribution in [1.82, 2.24) is 4.31 Å². The maximum Gasteiger partial charge on any atom is 0.306 e. The van der Waals surface area contributed by atoms with E-state index in [0.717, 1.165) is 30.0 Å². The molecule has 1 atom stereocenters. The second-order valence-electron chi connectivity index (χ2n) is 7.24. The van der Waals surface area contributed by atoms with Gasteiger partial charge in [-0.05, 0) is 50.3 Å². The molecule has 1 unspecified atom stereocenters. The van der Waals surface area contributed by atoms with E-state index < -0.39 is 22.0 Å². The summed E-state index contributed by atoms with van der Waals surface area (Å²) < 4.78 is 30.9. The van der Waals surface area contributed by atoms with Gasteiger partial charge in [0.15, 0.2) is 6.10 Å². The molecule has 27 heavy (non-hydrogen) atoms. The number of hydrogen-bond acceptors (Lipinski definition) is 5. The average Bonchev–Trinajstić information content (AvgIpc) is 3.09. The lowest BCUT2D eigenvalue weighted by Gasteiger charge is -2.17. The van der Waals surface area contributed by atoms with Gasteiger partial charge >= 0.3 is 5.97 Å². The number of ether oxygens (including phenoxy) is 1. The van der Waals surface area contributed by atoms with Crippen LogP contribution < -0.4 is 5.32 Å². The molecule has 1 saturated carbocycles. The van der Waals surface area contributed by atoms with Crippen molar-refractivity contribution in [2.75, 3.05) is 19.4 Å². The first-order valence-corrected chi connectivity index (χ1v) is 10.6. The van der Waals surface area contributed by atoms with Crippen molar-refractivity contribution in [1.29, 1.82) is 0 Å². The minimum absolute atomic E-state index is 0.0827. The van der Waals surface area contributed by atoms with E-state index in [2.05, 4.69) is 5.32 Å². The number of anilines is 1. The Bertz CT molecular complexity index is 798. The third-order valence-electron chi connectivity index (χ3n) is 4.85. The van der Waals surface area contributed by atoms with Crippen molar-refractivity contribution in [2.45, 2.75) is 57.0 Å². The average molecular weight is 397 g/mol. The molecule has 0 spiro atoms. The summed E-state index contributed by atoms with van der Waals surface area (Å²) in [5.74, 6) is -0.509. The van der Waals surface area contributed by atoms with Crippen LogP contribution >= 0.6 is 0 Å². The molecule has 1 aromatic rings. The summed E-state index contributed by atoms with van der Waals surface area (Å²) in [4.78, 5) is 24.5. The highest BCUT2D eigenvalue weighted by atomic mass is 32.2. The summed E-state index contributed by atoms with van der Waals surface area (Å²) in [6.07, 6.45) is 3.73. The normalized spacial score (nSPS) is 16.3. The lowest BCUT2D eigenvalue weighted by Crippen LogP contribution is -2.30. The molecule has 0 heterocycles. The highest BCUT2D eigenvalue weighted by molar-refractivity contribution is 7.89. The molecule has 0 aliphatic heterocycles. The van der Waals surface area contributed by atoms with E-state index in [1.165, 1.54) is 33.2 Å². The van der Waals surface area contributed by atoms with Gasteiger partial charge in [0.2, 0.25) is 10.0 Å². The number of nitrogens with zero attached hydrogens (tertiary/aromatic N) is 1. The quantitative estimate of drug-likeness (QED) is 0.715. The predicted octanol–water partition coefficient (Wildman–Crippen LogP) is 2.70. The van der Waals surface area contributed by atoms with Gasteiger partial charge < -0.3 is 10.1 Å².